The minimum absolute atomic E-state index is 0.0841. The highest BCUT2D eigenvalue weighted by molar-refractivity contribution is 5.81. The summed E-state index contributed by atoms with van der Waals surface area (Å²) < 4.78 is 0. The Morgan fingerprint density at radius 2 is 1.96 bits per heavy atom. The molecule has 2 rings (SSSR count). The van der Waals surface area contributed by atoms with Crippen LogP contribution in [0, 0.1) is 0 Å². The Bertz CT molecular complexity index is 404. The molecule has 1 unspecified atom stereocenters. The zero-order valence-electron chi connectivity index (χ0n) is 15.1. The van der Waals surface area contributed by atoms with Crippen molar-refractivity contribution in [3.8, 4) is 0 Å². The number of carbonyl (C=O) groups excluding carboxylic acids is 1. The third-order valence-electron chi connectivity index (χ3n) is 4.69. The lowest BCUT2D eigenvalue weighted by molar-refractivity contribution is -0.133. The number of rotatable bonds is 6. The van der Waals surface area contributed by atoms with Gasteiger partial charge in [-0.1, -0.05) is 0 Å². The van der Waals surface area contributed by atoms with Crippen molar-refractivity contribution in [3.05, 3.63) is 0 Å². The van der Waals surface area contributed by atoms with Crippen LogP contribution in [0.25, 0.3) is 0 Å². The zero-order chi connectivity index (χ0) is 16.7. The SMILES string of the molecule is CCNC(=NCCCN1CCCC1C(=O)N(C)C)N1CCCC1. The summed E-state index contributed by atoms with van der Waals surface area (Å²) in [4.78, 5) is 23.4. The minimum Gasteiger partial charge on any atom is -0.357 e. The summed E-state index contributed by atoms with van der Waals surface area (Å²) in [6.45, 7) is 8.12. The Balaban J connectivity index is 1.78. The average Bonchev–Trinajstić information content (AvgIpc) is 3.20. The maximum atomic E-state index is 12.2. The van der Waals surface area contributed by atoms with Crippen LogP contribution < -0.4 is 5.32 Å². The van der Waals surface area contributed by atoms with Crippen molar-refractivity contribution in [1.82, 2.24) is 20.0 Å². The van der Waals surface area contributed by atoms with Crippen LogP contribution >= 0.6 is 0 Å². The van der Waals surface area contributed by atoms with Crippen molar-refractivity contribution in [1.29, 1.82) is 0 Å². The molecule has 0 radical (unpaired) electrons. The lowest BCUT2D eigenvalue weighted by atomic mass is 10.2. The topological polar surface area (TPSA) is 51.2 Å². The fraction of sp³-hybridized carbons (Fsp3) is 0.882. The molecule has 2 aliphatic rings. The summed E-state index contributed by atoms with van der Waals surface area (Å²) in [5, 5.41) is 3.40. The van der Waals surface area contributed by atoms with Crippen LogP contribution in [0.3, 0.4) is 0 Å². The monoisotopic (exact) mass is 323 g/mol. The molecular formula is C17H33N5O. The van der Waals surface area contributed by atoms with Crippen molar-refractivity contribution in [2.45, 2.75) is 45.1 Å². The van der Waals surface area contributed by atoms with E-state index in [1.54, 1.807) is 4.90 Å². The molecule has 1 atom stereocenters. The summed E-state index contributed by atoms with van der Waals surface area (Å²) in [6, 6.07) is 0.0841. The van der Waals surface area contributed by atoms with E-state index in [-0.39, 0.29) is 11.9 Å². The highest BCUT2D eigenvalue weighted by Gasteiger charge is 2.30. The van der Waals surface area contributed by atoms with Crippen LogP contribution in [0.2, 0.25) is 0 Å². The lowest BCUT2D eigenvalue weighted by Gasteiger charge is -2.26. The third-order valence-corrected chi connectivity index (χ3v) is 4.69. The first kappa shape index (κ1) is 18.0. The molecule has 0 aromatic rings. The van der Waals surface area contributed by atoms with Crippen molar-refractivity contribution in [2.75, 3.05) is 53.4 Å². The first-order chi connectivity index (χ1) is 11.1. The molecular weight excluding hydrogens is 290 g/mol. The van der Waals surface area contributed by atoms with E-state index in [4.69, 9.17) is 4.99 Å². The van der Waals surface area contributed by atoms with E-state index in [1.807, 2.05) is 14.1 Å². The van der Waals surface area contributed by atoms with Gasteiger partial charge in [0, 0.05) is 46.8 Å². The number of aliphatic imine (C=N–C) groups is 1. The Kier molecular flexibility index (Phi) is 7.15. The van der Waals surface area contributed by atoms with E-state index >= 15 is 0 Å². The molecule has 132 valence electrons. The Morgan fingerprint density at radius 1 is 1.22 bits per heavy atom. The molecule has 1 amide bonds. The summed E-state index contributed by atoms with van der Waals surface area (Å²) in [7, 11) is 3.70. The first-order valence-electron chi connectivity index (χ1n) is 9.12. The molecule has 1 N–H and O–H groups in total. The number of guanidine groups is 1. The number of likely N-dealkylation sites (tertiary alicyclic amines) is 2. The minimum atomic E-state index is 0.0841. The zero-order valence-corrected chi connectivity index (χ0v) is 15.1. The Morgan fingerprint density at radius 3 is 2.61 bits per heavy atom. The predicted octanol–water partition coefficient (Wildman–Crippen LogP) is 0.990. The highest BCUT2D eigenvalue weighted by Crippen LogP contribution is 2.18. The number of nitrogens with zero attached hydrogens (tertiary/aromatic N) is 4. The number of likely N-dealkylation sites (N-methyl/N-ethyl adjacent to an activating group) is 1. The summed E-state index contributed by atoms with van der Waals surface area (Å²) in [5.41, 5.74) is 0. The summed E-state index contributed by atoms with van der Waals surface area (Å²) >= 11 is 0. The molecule has 23 heavy (non-hydrogen) atoms. The van der Waals surface area contributed by atoms with E-state index in [0.717, 1.165) is 64.5 Å². The summed E-state index contributed by atoms with van der Waals surface area (Å²) in [6.07, 6.45) is 5.68. The number of nitrogens with one attached hydrogen (secondary N) is 1. The van der Waals surface area contributed by atoms with E-state index < -0.39 is 0 Å². The second-order valence-electron chi connectivity index (χ2n) is 6.71. The normalized spacial score (nSPS) is 22.7. The van der Waals surface area contributed by atoms with Gasteiger partial charge in [-0.25, -0.2) is 0 Å². The van der Waals surface area contributed by atoms with Gasteiger partial charge < -0.3 is 15.1 Å². The second kappa shape index (κ2) is 9.11. The van der Waals surface area contributed by atoms with Crippen LogP contribution in [-0.4, -0.2) is 86.0 Å². The van der Waals surface area contributed by atoms with E-state index in [9.17, 15) is 4.79 Å². The van der Waals surface area contributed by atoms with E-state index in [1.165, 1.54) is 12.8 Å². The van der Waals surface area contributed by atoms with Gasteiger partial charge in [0.25, 0.3) is 0 Å². The quantitative estimate of drug-likeness (QED) is 0.450. The Hall–Kier alpha value is -1.30. The fourth-order valence-electron chi connectivity index (χ4n) is 3.48. The van der Waals surface area contributed by atoms with Gasteiger partial charge in [0.05, 0.1) is 6.04 Å². The number of amides is 1. The molecule has 2 saturated heterocycles. The number of hydrogen-bond donors (Lipinski definition) is 1. The lowest BCUT2D eigenvalue weighted by Crippen LogP contribution is -2.43. The van der Waals surface area contributed by atoms with Gasteiger partial charge in [0.1, 0.15) is 0 Å². The number of carbonyl (C=O) groups is 1. The maximum Gasteiger partial charge on any atom is 0.239 e. The molecule has 0 aromatic carbocycles. The van der Waals surface area contributed by atoms with Crippen molar-refractivity contribution in [2.24, 2.45) is 4.99 Å². The van der Waals surface area contributed by atoms with Crippen molar-refractivity contribution in [3.63, 3.8) is 0 Å². The molecule has 2 heterocycles. The summed E-state index contributed by atoms with van der Waals surface area (Å²) in [5.74, 6) is 1.31. The highest BCUT2D eigenvalue weighted by atomic mass is 16.2. The molecule has 0 aliphatic carbocycles. The smallest absolute Gasteiger partial charge is 0.239 e. The third kappa shape index (κ3) is 5.09. The average molecular weight is 323 g/mol. The van der Waals surface area contributed by atoms with E-state index in [0.29, 0.717) is 0 Å². The molecule has 0 aromatic heterocycles. The van der Waals surface area contributed by atoms with Gasteiger partial charge in [-0.2, -0.15) is 0 Å². The van der Waals surface area contributed by atoms with Gasteiger partial charge >= 0.3 is 0 Å². The standard InChI is InChI=1S/C17H33N5O/c1-4-18-17(22-11-5-6-12-22)19-10-8-14-21-13-7-9-15(21)16(23)20(2)3/h15H,4-14H2,1-3H3,(H,18,19). The molecule has 2 aliphatic heterocycles. The van der Waals surface area contributed by atoms with Gasteiger partial charge in [-0.05, 0) is 45.6 Å². The first-order valence-corrected chi connectivity index (χ1v) is 9.12. The van der Waals surface area contributed by atoms with Crippen molar-refractivity contribution >= 4 is 11.9 Å². The molecule has 0 saturated carbocycles. The molecule has 6 nitrogen and oxygen atoms in total. The van der Waals surface area contributed by atoms with Crippen molar-refractivity contribution < 1.29 is 4.79 Å². The molecule has 0 spiro atoms. The Labute approximate surface area is 140 Å². The molecule has 0 bridgehead atoms. The van der Waals surface area contributed by atoms with Crippen LogP contribution in [0.1, 0.15) is 39.0 Å². The molecule has 2 fully saturated rings. The van der Waals surface area contributed by atoms with Crippen LogP contribution in [-0.2, 0) is 4.79 Å². The van der Waals surface area contributed by atoms with Crippen LogP contribution in [0.5, 0.6) is 0 Å². The van der Waals surface area contributed by atoms with Gasteiger partial charge in [0.15, 0.2) is 5.96 Å². The van der Waals surface area contributed by atoms with Crippen LogP contribution in [0.15, 0.2) is 4.99 Å². The van der Waals surface area contributed by atoms with E-state index in [2.05, 4.69) is 22.0 Å². The van der Waals surface area contributed by atoms with Gasteiger partial charge in [0.2, 0.25) is 5.91 Å². The molecule has 6 heteroatoms. The second-order valence-corrected chi connectivity index (χ2v) is 6.71. The van der Waals surface area contributed by atoms with Gasteiger partial charge in [-0.15, -0.1) is 0 Å². The largest absolute Gasteiger partial charge is 0.357 e. The number of hydrogen-bond acceptors (Lipinski definition) is 3. The van der Waals surface area contributed by atoms with Crippen LogP contribution in [0.4, 0.5) is 0 Å². The fourth-order valence-corrected chi connectivity index (χ4v) is 3.48. The maximum absolute atomic E-state index is 12.2. The van der Waals surface area contributed by atoms with Gasteiger partial charge in [-0.3, -0.25) is 14.7 Å². The predicted molar refractivity (Wildman–Crippen MR) is 94.7 cm³/mol.